The average molecular weight is 234 g/mol. The molecule has 1 atom stereocenters. The number of benzene rings is 1. The highest BCUT2D eigenvalue weighted by molar-refractivity contribution is 5.73. The summed E-state index contributed by atoms with van der Waals surface area (Å²) in [7, 11) is 0. The molecule has 0 spiro atoms. The van der Waals surface area contributed by atoms with Crippen LogP contribution in [-0.4, -0.2) is 5.91 Å². The molecule has 0 aliphatic rings. The smallest absolute Gasteiger partial charge is 0.217 e. The van der Waals surface area contributed by atoms with Crippen molar-refractivity contribution in [1.82, 2.24) is 0 Å². The molecule has 0 aliphatic heterocycles. The van der Waals surface area contributed by atoms with E-state index in [1.807, 2.05) is 0 Å². The van der Waals surface area contributed by atoms with Crippen LogP contribution in [0.25, 0.3) is 0 Å². The van der Waals surface area contributed by atoms with Crippen molar-refractivity contribution in [2.24, 2.45) is 11.5 Å². The van der Waals surface area contributed by atoms with E-state index in [1.165, 1.54) is 18.4 Å². The van der Waals surface area contributed by atoms with Gasteiger partial charge < -0.3 is 11.5 Å². The van der Waals surface area contributed by atoms with E-state index in [0.29, 0.717) is 12.8 Å². The minimum Gasteiger partial charge on any atom is -0.370 e. The molecule has 1 rings (SSSR count). The van der Waals surface area contributed by atoms with Gasteiger partial charge in [0.2, 0.25) is 5.91 Å². The molecule has 0 fully saturated rings. The first-order chi connectivity index (χ1) is 8.13. The van der Waals surface area contributed by atoms with Crippen LogP contribution in [0.15, 0.2) is 24.3 Å². The monoisotopic (exact) mass is 234 g/mol. The van der Waals surface area contributed by atoms with Gasteiger partial charge in [-0.15, -0.1) is 0 Å². The summed E-state index contributed by atoms with van der Waals surface area (Å²) in [5.41, 5.74) is 13.5. The maximum Gasteiger partial charge on any atom is 0.217 e. The normalized spacial score (nSPS) is 12.4. The second-order valence-electron chi connectivity index (χ2n) is 4.46. The van der Waals surface area contributed by atoms with Gasteiger partial charge in [0.05, 0.1) is 0 Å². The number of hydrogen-bond donors (Lipinski definition) is 2. The van der Waals surface area contributed by atoms with Crippen molar-refractivity contribution in [3.8, 4) is 0 Å². The quantitative estimate of drug-likeness (QED) is 0.760. The third kappa shape index (κ3) is 5.00. The molecule has 0 aromatic heterocycles. The highest BCUT2D eigenvalue weighted by Crippen LogP contribution is 2.17. The third-order valence-electron chi connectivity index (χ3n) is 2.93. The lowest BCUT2D eigenvalue weighted by atomic mass is 10.00. The van der Waals surface area contributed by atoms with E-state index < -0.39 is 0 Å². The number of nitrogens with two attached hydrogens (primary N) is 2. The maximum absolute atomic E-state index is 10.7. The summed E-state index contributed by atoms with van der Waals surface area (Å²) in [6.45, 7) is 2.19. The SMILES string of the molecule is CCCCc1ccc(C(N)CCC(N)=O)cc1. The van der Waals surface area contributed by atoms with Crippen molar-refractivity contribution in [2.45, 2.75) is 45.1 Å². The summed E-state index contributed by atoms with van der Waals surface area (Å²) in [6, 6.07) is 8.25. The highest BCUT2D eigenvalue weighted by atomic mass is 16.1. The molecular formula is C14H22N2O. The van der Waals surface area contributed by atoms with Gasteiger partial charge in [-0.1, -0.05) is 37.6 Å². The Bertz CT molecular complexity index is 346. The molecular weight excluding hydrogens is 212 g/mol. The fourth-order valence-electron chi connectivity index (χ4n) is 1.78. The van der Waals surface area contributed by atoms with Crippen LogP contribution >= 0.6 is 0 Å². The number of amides is 1. The number of rotatable bonds is 7. The van der Waals surface area contributed by atoms with Gasteiger partial charge in [-0.25, -0.2) is 0 Å². The first-order valence-electron chi connectivity index (χ1n) is 6.26. The lowest BCUT2D eigenvalue weighted by molar-refractivity contribution is -0.118. The van der Waals surface area contributed by atoms with Crippen molar-refractivity contribution in [1.29, 1.82) is 0 Å². The molecule has 1 aromatic rings. The summed E-state index contributed by atoms with van der Waals surface area (Å²) in [4.78, 5) is 10.7. The van der Waals surface area contributed by atoms with Gasteiger partial charge in [-0.2, -0.15) is 0 Å². The Labute approximate surface area is 103 Å². The molecule has 0 saturated carbocycles. The van der Waals surface area contributed by atoms with E-state index >= 15 is 0 Å². The second kappa shape index (κ2) is 7.07. The van der Waals surface area contributed by atoms with Gasteiger partial charge in [-0.3, -0.25) is 4.79 Å². The van der Waals surface area contributed by atoms with Crippen molar-refractivity contribution >= 4 is 5.91 Å². The van der Waals surface area contributed by atoms with Crippen molar-refractivity contribution in [3.05, 3.63) is 35.4 Å². The van der Waals surface area contributed by atoms with E-state index in [2.05, 4.69) is 31.2 Å². The number of unbranched alkanes of at least 4 members (excludes halogenated alkanes) is 1. The zero-order chi connectivity index (χ0) is 12.7. The van der Waals surface area contributed by atoms with Crippen LogP contribution in [0.4, 0.5) is 0 Å². The summed E-state index contributed by atoms with van der Waals surface area (Å²) in [5.74, 6) is -0.292. The first kappa shape index (κ1) is 13.7. The fraction of sp³-hybridized carbons (Fsp3) is 0.500. The van der Waals surface area contributed by atoms with E-state index in [0.717, 1.165) is 12.0 Å². The molecule has 94 valence electrons. The first-order valence-corrected chi connectivity index (χ1v) is 6.26. The Morgan fingerprint density at radius 1 is 1.29 bits per heavy atom. The molecule has 17 heavy (non-hydrogen) atoms. The van der Waals surface area contributed by atoms with Gasteiger partial charge in [0.15, 0.2) is 0 Å². The molecule has 1 aromatic carbocycles. The predicted octanol–water partition coefficient (Wildman–Crippen LogP) is 2.29. The number of carbonyl (C=O) groups excluding carboxylic acids is 1. The Morgan fingerprint density at radius 2 is 1.94 bits per heavy atom. The minimum atomic E-state index is -0.292. The minimum absolute atomic E-state index is 0.0947. The summed E-state index contributed by atoms with van der Waals surface area (Å²) >= 11 is 0. The molecule has 1 unspecified atom stereocenters. The van der Waals surface area contributed by atoms with Crippen LogP contribution in [0.1, 0.15) is 49.8 Å². The standard InChI is InChI=1S/C14H22N2O/c1-2-3-4-11-5-7-12(8-6-11)13(15)9-10-14(16)17/h5-8,13H,2-4,9-10,15H2,1H3,(H2,16,17). The summed E-state index contributed by atoms with van der Waals surface area (Å²) in [5, 5.41) is 0. The number of aryl methyl sites for hydroxylation is 1. The summed E-state index contributed by atoms with van der Waals surface area (Å²) < 4.78 is 0. The Balaban J connectivity index is 2.51. The molecule has 0 radical (unpaired) electrons. The van der Waals surface area contributed by atoms with Crippen molar-refractivity contribution < 1.29 is 4.79 Å². The molecule has 0 aliphatic carbocycles. The van der Waals surface area contributed by atoms with Gasteiger partial charge in [0, 0.05) is 12.5 Å². The van der Waals surface area contributed by atoms with Gasteiger partial charge in [0.1, 0.15) is 0 Å². The Kier molecular flexibility index (Phi) is 5.70. The fourth-order valence-corrected chi connectivity index (χ4v) is 1.78. The van der Waals surface area contributed by atoms with Crippen LogP contribution in [0.2, 0.25) is 0 Å². The van der Waals surface area contributed by atoms with Gasteiger partial charge in [-0.05, 0) is 30.4 Å². The summed E-state index contributed by atoms with van der Waals surface area (Å²) in [6.07, 6.45) is 4.50. The van der Waals surface area contributed by atoms with Crippen LogP contribution in [0, 0.1) is 0 Å². The highest BCUT2D eigenvalue weighted by Gasteiger charge is 2.07. The van der Waals surface area contributed by atoms with Crippen LogP contribution in [0.3, 0.4) is 0 Å². The van der Waals surface area contributed by atoms with E-state index in [1.54, 1.807) is 0 Å². The predicted molar refractivity (Wildman–Crippen MR) is 70.4 cm³/mol. The van der Waals surface area contributed by atoms with Crippen LogP contribution < -0.4 is 11.5 Å². The van der Waals surface area contributed by atoms with Crippen molar-refractivity contribution in [3.63, 3.8) is 0 Å². The number of primary amides is 1. The lowest BCUT2D eigenvalue weighted by Crippen LogP contribution is -2.16. The molecule has 0 bridgehead atoms. The zero-order valence-corrected chi connectivity index (χ0v) is 10.5. The van der Waals surface area contributed by atoms with E-state index in [-0.39, 0.29) is 11.9 Å². The molecule has 1 amide bonds. The van der Waals surface area contributed by atoms with Gasteiger partial charge in [0.25, 0.3) is 0 Å². The van der Waals surface area contributed by atoms with Gasteiger partial charge >= 0.3 is 0 Å². The molecule has 0 heterocycles. The maximum atomic E-state index is 10.7. The average Bonchev–Trinajstić information content (AvgIpc) is 2.34. The lowest BCUT2D eigenvalue weighted by Gasteiger charge is -2.11. The van der Waals surface area contributed by atoms with E-state index in [4.69, 9.17) is 11.5 Å². The molecule has 0 saturated heterocycles. The number of hydrogen-bond acceptors (Lipinski definition) is 2. The van der Waals surface area contributed by atoms with Crippen LogP contribution in [0.5, 0.6) is 0 Å². The second-order valence-corrected chi connectivity index (χ2v) is 4.46. The van der Waals surface area contributed by atoms with Crippen LogP contribution in [-0.2, 0) is 11.2 Å². The zero-order valence-electron chi connectivity index (χ0n) is 10.5. The number of carbonyl (C=O) groups is 1. The molecule has 3 nitrogen and oxygen atoms in total. The molecule has 3 heteroatoms. The molecule has 4 N–H and O–H groups in total. The largest absolute Gasteiger partial charge is 0.370 e. The van der Waals surface area contributed by atoms with Crippen molar-refractivity contribution in [2.75, 3.05) is 0 Å². The Morgan fingerprint density at radius 3 is 2.47 bits per heavy atom. The topological polar surface area (TPSA) is 69.1 Å². The van der Waals surface area contributed by atoms with E-state index in [9.17, 15) is 4.79 Å². The Hall–Kier alpha value is -1.35. The third-order valence-corrected chi connectivity index (χ3v) is 2.93.